The van der Waals surface area contributed by atoms with E-state index in [2.05, 4.69) is 4.98 Å². The van der Waals surface area contributed by atoms with Crippen molar-refractivity contribution in [2.75, 3.05) is 5.73 Å². The number of para-hydroxylation sites is 1. The first-order valence-corrected chi connectivity index (χ1v) is 5.39. The number of nitrogen functional groups attached to an aromatic ring is 1. The van der Waals surface area contributed by atoms with Gasteiger partial charge in [0.15, 0.2) is 17.5 Å². The lowest BCUT2D eigenvalue weighted by atomic mass is 10.3. The molecule has 0 spiro atoms. The van der Waals surface area contributed by atoms with Crippen molar-refractivity contribution in [1.82, 2.24) is 9.55 Å². The van der Waals surface area contributed by atoms with Crippen LogP contribution in [0.4, 0.5) is 10.3 Å². The normalized spacial score (nSPS) is 10.5. The van der Waals surface area contributed by atoms with E-state index >= 15 is 0 Å². The van der Waals surface area contributed by atoms with Gasteiger partial charge in [-0.05, 0) is 19.1 Å². The highest BCUT2D eigenvalue weighted by Crippen LogP contribution is 2.17. The van der Waals surface area contributed by atoms with Gasteiger partial charge in [0.25, 0.3) is 0 Å². The Hall–Kier alpha value is -2.04. The number of nitrogens with zero attached hydrogens (tertiary/aromatic N) is 2. The number of hydrogen-bond acceptors (Lipinski definition) is 3. The van der Waals surface area contributed by atoms with Crippen LogP contribution in [-0.2, 0) is 13.2 Å². The molecule has 0 atom stereocenters. The Labute approximate surface area is 98.8 Å². The van der Waals surface area contributed by atoms with Crippen molar-refractivity contribution >= 4 is 5.95 Å². The van der Waals surface area contributed by atoms with Crippen LogP contribution in [0.15, 0.2) is 30.5 Å². The minimum atomic E-state index is -0.372. The van der Waals surface area contributed by atoms with Crippen molar-refractivity contribution < 1.29 is 9.13 Å². The molecule has 4 nitrogen and oxygen atoms in total. The van der Waals surface area contributed by atoms with Gasteiger partial charge in [-0.15, -0.1) is 0 Å². The molecule has 0 saturated heterocycles. The Kier molecular flexibility index (Phi) is 3.27. The van der Waals surface area contributed by atoms with Crippen LogP contribution >= 0.6 is 0 Å². The maximum absolute atomic E-state index is 13.3. The van der Waals surface area contributed by atoms with Gasteiger partial charge in [-0.1, -0.05) is 12.1 Å². The summed E-state index contributed by atoms with van der Waals surface area (Å²) >= 11 is 0. The highest BCUT2D eigenvalue weighted by Gasteiger charge is 2.07. The fourth-order valence-corrected chi connectivity index (χ4v) is 1.62. The van der Waals surface area contributed by atoms with Crippen molar-refractivity contribution in [3.8, 4) is 5.75 Å². The van der Waals surface area contributed by atoms with Crippen LogP contribution in [0.5, 0.6) is 5.75 Å². The third-order valence-corrected chi connectivity index (χ3v) is 2.50. The van der Waals surface area contributed by atoms with Crippen LogP contribution in [0.2, 0.25) is 0 Å². The molecule has 1 aromatic carbocycles. The Morgan fingerprint density at radius 1 is 1.41 bits per heavy atom. The van der Waals surface area contributed by atoms with Gasteiger partial charge in [0.05, 0.1) is 11.9 Å². The second-order valence-electron chi connectivity index (χ2n) is 3.57. The summed E-state index contributed by atoms with van der Waals surface area (Å²) in [6.07, 6.45) is 1.64. The van der Waals surface area contributed by atoms with Crippen molar-refractivity contribution in [1.29, 1.82) is 0 Å². The predicted octanol–water partition coefficient (Wildman–Crippen LogP) is 2.20. The summed E-state index contributed by atoms with van der Waals surface area (Å²) in [5.74, 6) is 0.303. The molecule has 0 amide bonds. The number of imidazole rings is 1. The van der Waals surface area contributed by atoms with E-state index in [9.17, 15) is 4.39 Å². The standard InChI is InChI=1S/C12H14FN3O/c1-2-16-9(7-15-12(16)14)8-17-11-6-4-3-5-10(11)13/h3-7H,2,8H2,1H3,(H2,14,15). The molecule has 90 valence electrons. The van der Waals surface area contributed by atoms with Gasteiger partial charge < -0.3 is 15.0 Å². The predicted molar refractivity (Wildman–Crippen MR) is 63.0 cm³/mol. The van der Waals surface area contributed by atoms with Gasteiger partial charge >= 0.3 is 0 Å². The Morgan fingerprint density at radius 3 is 2.88 bits per heavy atom. The van der Waals surface area contributed by atoms with Gasteiger partial charge in [-0.2, -0.15) is 0 Å². The second kappa shape index (κ2) is 4.86. The van der Waals surface area contributed by atoms with Crippen LogP contribution in [0.1, 0.15) is 12.6 Å². The number of rotatable bonds is 4. The van der Waals surface area contributed by atoms with Crippen LogP contribution in [0, 0.1) is 5.82 Å². The van der Waals surface area contributed by atoms with E-state index in [-0.39, 0.29) is 18.2 Å². The number of anilines is 1. The van der Waals surface area contributed by atoms with Crippen molar-refractivity contribution in [2.24, 2.45) is 0 Å². The summed E-state index contributed by atoms with van der Waals surface area (Å²) in [5.41, 5.74) is 6.50. The molecule has 0 radical (unpaired) electrons. The minimum absolute atomic E-state index is 0.231. The minimum Gasteiger partial charge on any atom is -0.484 e. The van der Waals surface area contributed by atoms with Gasteiger partial charge in [0.2, 0.25) is 0 Å². The molecule has 2 aromatic rings. The van der Waals surface area contributed by atoms with Crippen molar-refractivity contribution in [2.45, 2.75) is 20.1 Å². The fraction of sp³-hybridized carbons (Fsp3) is 0.250. The van der Waals surface area contributed by atoms with Gasteiger partial charge in [0.1, 0.15) is 6.61 Å². The van der Waals surface area contributed by atoms with E-state index in [1.807, 2.05) is 11.5 Å². The molecule has 0 aliphatic carbocycles. The maximum atomic E-state index is 13.3. The molecule has 0 saturated carbocycles. The zero-order chi connectivity index (χ0) is 12.3. The number of benzene rings is 1. The molecule has 1 heterocycles. The number of hydrogen-bond donors (Lipinski definition) is 1. The largest absolute Gasteiger partial charge is 0.484 e. The first-order chi connectivity index (χ1) is 8.22. The lowest BCUT2D eigenvalue weighted by molar-refractivity contribution is 0.281. The lowest BCUT2D eigenvalue weighted by Gasteiger charge is -2.09. The second-order valence-corrected chi connectivity index (χ2v) is 3.57. The number of halogens is 1. The Balaban J connectivity index is 2.10. The molecule has 1 aromatic heterocycles. The van der Waals surface area contributed by atoms with Crippen molar-refractivity contribution in [3.63, 3.8) is 0 Å². The molecule has 0 aliphatic rings. The molecular weight excluding hydrogens is 221 g/mol. The monoisotopic (exact) mass is 235 g/mol. The van der Waals surface area contributed by atoms with Crippen LogP contribution < -0.4 is 10.5 Å². The Bertz CT molecular complexity index is 510. The van der Waals surface area contributed by atoms with E-state index in [4.69, 9.17) is 10.5 Å². The van der Waals surface area contributed by atoms with Gasteiger partial charge in [-0.3, -0.25) is 0 Å². The topological polar surface area (TPSA) is 53.1 Å². The van der Waals surface area contributed by atoms with Crippen LogP contribution in [0.3, 0.4) is 0 Å². The molecule has 0 fully saturated rings. The number of ether oxygens (including phenoxy) is 1. The zero-order valence-corrected chi connectivity index (χ0v) is 9.56. The number of nitrogens with two attached hydrogens (primary N) is 1. The van der Waals surface area contributed by atoms with Gasteiger partial charge in [-0.25, -0.2) is 9.37 Å². The zero-order valence-electron chi connectivity index (χ0n) is 9.56. The summed E-state index contributed by atoms with van der Waals surface area (Å²) in [6, 6.07) is 6.30. The summed E-state index contributed by atoms with van der Waals surface area (Å²) in [5, 5.41) is 0. The molecule has 2 rings (SSSR count). The quantitative estimate of drug-likeness (QED) is 0.883. The summed E-state index contributed by atoms with van der Waals surface area (Å²) < 4.78 is 20.5. The maximum Gasteiger partial charge on any atom is 0.200 e. The SMILES string of the molecule is CCn1c(COc2ccccc2F)cnc1N. The number of aromatic nitrogens is 2. The highest BCUT2D eigenvalue weighted by atomic mass is 19.1. The van der Waals surface area contributed by atoms with E-state index in [0.717, 1.165) is 5.69 Å². The van der Waals surface area contributed by atoms with E-state index in [1.54, 1.807) is 24.4 Å². The van der Waals surface area contributed by atoms with E-state index in [1.165, 1.54) is 6.07 Å². The molecule has 2 N–H and O–H groups in total. The molecule has 0 aliphatic heterocycles. The average molecular weight is 235 g/mol. The average Bonchev–Trinajstić information content (AvgIpc) is 2.69. The molecular formula is C12H14FN3O. The third kappa shape index (κ3) is 2.38. The van der Waals surface area contributed by atoms with E-state index in [0.29, 0.717) is 12.5 Å². The molecule has 0 unspecified atom stereocenters. The highest BCUT2D eigenvalue weighted by molar-refractivity contribution is 5.25. The lowest BCUT2D eigenvalue weighted by Crippen LogP contribution is -2.08. The third-order valence-electron chi connectivity index (χ3n) is 2.50. The Morgan fingerprint density at radius 2 is 2.18 bits per heavy atom. The fourth-order valence-electron chi connectivity index (χ4n) is 1.62. The van der Waals surface area contributed by atoms with Crippen LogP contribution in [0.25, 0.3) is 0 Å². The summed E-state index contributed by atoms with van der Waals surface area (Å²) in [6.45, 7) is 2.92. The first-order valence-electron chi connectivity index (χ1n) is 5.39. The first kappa shape index (κ1) is 11.4. The molecule has 0 bridgehead atoms. The van der Waals surface area contributed by atoms with Crippen molar-refractivity contribution in [3.05, 3.63) is 42.0 Å². The van der Waals surface area contributed by atoms with E-state index < -0.39 is 0 Å². The summed E-state index contributed by atoms with van der Waals surface area (Å²) in [7, 11) is 0. The van der Waals surface area contributed by atoms with Gasteiger partial charge in [0, 0.05) is 6.54 Å². The smallest absolute Gasteiger partial charge is 0.200 e. The van der Waals surface area contributed by atoms with Crippen LogP contribution in [-0.4, -0.2) is 9.55 Å². The molecule has 5 heteroatoms. The molecule has 17 heavy (non-hydrogen) atoms. The summed E-state index contributed by atoms with van der Waals surface area (Å²) in [4.78, 5) is 3.99.